The number of hydrogen-bond donors (Lipinski definition) is 2. The summed E-state index contributed by atoms with van der Waals surface area (Å²) in [5.41, 5.74) is 11.2. The quantitative estimate of drug-likeness (QED) is 0.0333. The van der Waals surface area contributed by atoms with Gasteiger partial charge in [0.05, 0.1) is 38.6 Å². The largest absolute Gasteiger partial charge is 0.756 e. The van der Waals surface area contributed by atoms with Crippen molar-refractivity contribution < 1.29 is 46.5 Å². The summed E-state index contributed by atoms with van der Waals surface area (Å²) in [7, 11) is -6.93. The molecule has 73 heavy (non-hydrogen) atoms. The summed E-state index contributed by atoms with van der Waals surface area (Å²) in [4.78, 5) is 26.6. The zero-order valence-electron chi connectivity index (χ0n) is 46.5. The lowest BCUT2D eigenvalue weighted by Gasteiger charge is -2.44. The second kappa shape index (κ2) is 40.2. The SMILES string of the molecule is CCCCC/C=C\C/C=C\CCCCCCCCC1(CCCCCCCC/C=C\C/C=C\CCCCC)CCC2(CC1)O[C@H]1C[C@H](CCCOP(=O)([O-])OCCN)[C@H](N(C)CCOP(=O)([O-])OCCN)C[C@@H]1O2. The van der Waals surface area contributed by atoms with Gasteiger partial charge in [-0.2, -0.15) is 0 Å². The van der Waals surface area contributed by atoms with Crippen molar-refractivity contribution in [2.24, 2.45) is 22.8 Å². The van der Waals surface area contributed by atoms with Gasteiger partial charge in [-0.1, -0.05) is 152 Å². The van der Waals surface area contributed by atoms with Gasteiger partial charge < -0.3 is 53.7 Å². The van der Waals surface area contributed by atoms with Crippen LogP contribution in [-0.4, -0.2) is 82.0 Å². The second-order valence-electron chi connectivity index (χ2n) is 21.6. The van der Waals surface area contributed by atoms with Gasteiger partial charge in [0.25, 0.3) is 15.6 Å². The number of phosphoric acid groups is 2. The minimum absolute atomic E-state index is 0.00104. The van der Waals surface area contributed by atoms with Gasteiger partial charge >= 0.3 is 0 Å². The van der Waals surface area contributed by atoms with Crippen LogP contribution in [0.3, 0.4) is 0 Å². The van der Waals surface area contributed by atoms with Gasteiger partial charge in [0.2, 0.25) is 0 Å². The molecule has 6 atom stereocenters. The Hall–Kier alpha value is -1.02. The van der Waals surface area contributed by atoms with Crippen LogP contribution < -0.4 is 21.3 Å². The molecule has 3 aliphatic rings. The predicted molar refractivity (Wildman–Crippen MR) is 297 cm³/mol. The number of hydrogen-bond acceptors (Lipinski definition) is 13. The van der Waals surface area contributed by atoms with Crippen LogP contribution in [0.5, 0.6) is 0 Å². The molecule has 1 aliphatic heterocycles. The monoisotopic (exact) mass is 1070 g/mol. The molecule has 2 aliphatic carbocycles. The molecule has 1 heterocycles. The van der Waals surface area contributed by atoms with E-state index in [1.54, 1.807) is 0 Å². The molecule has 2 saturated carbocycles. The van der Waals surface area contributed by atoms with Crippen molar-refractivity contribution in [2.75, 3.05) is 53.1 Å². The van der Waals surface area contributed by atoms with E-state index in [9.17, 15) is 18.9 Å². The first-order valence-electron chi connectivity index (χ1n) is 29.7. The molecule has 0 aromatic carbocycles. The van der Waals surface area contributed by atoms with Crippen LogP contribution in [-0.2, 0) is 36.7 Å². The van der Waals surface area contributed by atoms with Crippen molar-refractivity contribution in [2.45, 2.75) is 256 Å². The van der Waals surface area contributed by atoms with Crippen LogP contribution in [0.15, 0.2) is 48.6 Å². The highest BCUT2D eigenvalue weighted by molar-refractivity contribution is 7.46. The number of fused-ring (bicyclic) bond motifs is 1. The topological polar surface area (TPSA) is 191 Å². The van der Waals surface area contributed by atoms with Gasteiger partial charge in [-0.25, -0.2) is 0 Å². The Kier molecular flexibility index (Phi) is 36.5. The summed E-state index contributed by atoms with van der Waals surface area (Å²) in [6.45, 7) is 4.71. The Morgan fingerprint density at radius 2 is 0.945 bits per heavy atom. The summed E-state index contributed by atoms with van der Waals surface area (Å²) < 4.78 is 58.5. The van der Waals surface area contributed by atoms with Crippen LogP contribution in [0.1, 0.15) is 232 Å². The number of likely N-dealkylation sites (N-methyl/N-ethyl adjacent to an activating group) is 1. The molecule has 2 unspecified atom stereocenters. The standard InChI is InChI=1S/C58H109N3O10P2/c1-4-6-8-10-12-14-16-18-20-22-24-26-28-30-32-34-38-57(39-35-33-31-29-27-25-23-21-19-17-15-13-11-9-7-5-2)40-42-58(43-41-57)70-55-51-53(37-36-47-66-72(62,63)67-48-44-59)54(52-56(55)71-58)61(3)46-50-69-73(64,65)68-49-45-60/h12-15,18-21,53-56H,4-11,16-17,22-52,59-60H2,1-3H3,(H,62,63)(H,64,65)/p-2/b14-12-,15-13-,20-18-,21-19-/t53-,54+,55-,56-/m0/s1. The molecule has 3 rings (SSSR count). The van der Waals surface area contributed by atoms with Gasteiger partial charge in [-0.05, 0) is 134 Å². The molecule has 1 spiro atoms. The third-order valence-corrected chi connectivity index (χ3v) is 17.5. The van der Waals surface area contributed by atoms with E-state index >= 15 is 0 Å². The van der Waals surface area contributed by atoms with Crippen molar-refractivity contribution >= 4 is 15.6 Å². The van der Waals surface area contributed by atoms with E-state index < -0.39 is 21.4 Å². The van der Waals surface area contributed by atoms with Crippen LogP contribution >= 0.6 is 15.6 Å². The minimum Gasteiger partial charge on any atom is -0.756 e. The predicted octanol–water partition coefficient (Wildman–Crippen LogP) is 13.8. The molecule has 0 amide bonds. The van der Waals surface area contributed by atoms with E-state index in [4.69, 9.17) is 39.0 Å². The Morgan fingerprint density at radius 1 is 0.534 bits per heavy atom. The number of allylic oxidation sites excluding steroid dienone is 8. The molecular weight excluding hydrogens is 961 g/mol. The highest BCUT2D eigenvalue weighted by Crippen LogP contribution is 2.54. The molecule has 426 valence electrons. The molecule has 13 nitrogen and oxygen atoms in total. The first-order chi connectivity index (χ1) is 35.4. The fraction of sp³-hybridized carbons (Fsp3) is 0.862. The first-order valence-corrected chi connectivity index (χ1v) is 32.6. The number of ether oxygens (including phenoxy) is 2. The van der Waals surface area contributed by atoms with Gasteiger partial charge in [0.15, 0.2) is 5.79 Å². The summed E-state index contributed by atoms with van der Waals surface area (Å²) in [6.07, 6.45) is 58.3. The van der Waals surface area contributed by atoms with Crippen LogP contribution in [0.25, 0.3) is 0 Å². The van der Waals surface area contributed by atoms with E-state index in [2.05, 4.69) is 67.4 Å². The molecule has 15 heteroatoms. The van der Waals surface area contributed by atoms with Gasteiger partial charge in [-0.3, -0.25) is 9.13 Å². The highest BCUT2D eigenvalue weighted by Gasteiger charge is 2.54. The Morgan fingerprint density at radius 3 is 1.41 bits per heavy atom. The van der Waals surface area contributed by atoms with Crippen LogP contribution in [0.2, 0.25) is 0 Å². The maximum atomic E-state index is 12.3. The lowest BCUT2D eigenvalue weighted by molar-refractivity contribution is -0.226. The lowest BCUT2D eigenvalue weighted by Crippen LogP contribution is -2.49. The third kappa shape index (κ3) is 30.1. The minimum atomic E-state index is -4.47. The fourth-order valence-electron chi connectivity index (χ4n) is 11.3. The number of nitrogens with two attached hydrogens (primary N) is 2. The molecule has 0 bridgehead atoms. The zero-order valence-corrected chi connectivity index (χ0v) is 48.3. The van der Waals surface area contributed by atoms with E-state index in [1.807, 2.05) is 7.05 Å². The zero-order chi connectivity index (χ0) is 52.8. The Bertz CT molecular complexity index is 1540. The third-order valence-electron chi connectivity index (χ3n) is 15.6. The molecule has 0 radical (unpaired) electrons. The maximum Gasteiger partial charge on any atom is 0.267 e. The number of unbranched alkanes of at least 4 members (excludes halogenated alkanes) is 18. The molecule has 3 fully saturated rings. The molecule has 4 N–H and O–H groups in total. The smallest absolute Gasteiger partial charge is 0.267 e. The number of phosphoric ester groups is 2. The van der Waals surface area contributed by atoms with Gasteiger partial charge in [0.1, 0.15) is 0 Å². The van der Waals surface area contributed by atoms with Gasteiger partial charge in [-0.15, -0.1) is 0 Å². The summed E-state index contributed by atoms with van der Waals surface area (Å²) >= 11 is 0. The van der Waals surface area contributed by atoms with E-state index in [1.165, 1.54) is 154 Å². The van der Waals surface area contributed by atoms with E-state index in [0.717, 1.165) is 51.4 Å². The van der Waals surface area contributed by atoms with Crippen molar-refractivity contribution in [1.82, 2.24) is 4.90 Å². The number of rotatable bonds is 46. The van der Waals surface area contributed by atoms with Crippen LogP contribution in [0.4, 0.5) is 0 Å². The molecule has 1 saturated heterocycles. The Balaban J connectivity index is 1.54. The average Bonchev–Trinajstić information content (AvgIpc) is 3.73. The second-order valence-corrected chi connectivity index (χ2v) is 24.4. The van der Waals surface area contributed by atoms with E-state index in [0.29, 0.717) is 24.8 Å². The maximum absolute atomic E-state index is 12.3. The van der Waals surface area contributed by atoms with Crippen molar-refractivity contribution in [3.63, 3.8) is 0 Å². The molecule has 0 aromatic heterocycles. The first kappa shape index (κ1) is 66.3. The lowest BCUT2D eigenvalue weighted by atomic mass is 9.66. The normalized spacial score (nSPS) is 22.7. The summed E-state index contributed by atoms with van der Waals surface area (Å²) in [5, 5.41) is 0. The van der Waals surface area contributed by atoms with Crippen molar-refractivity contribution in [1.29, 1.82) is 0 Å². The molecular formula is C58H107N3O10P2-2. The average molecular weight is 1070 g/mol. The Labute approximate surface area is 446 Å². The van der Waals surface area contributed by atoms with Gasteiger partial charge in [0, 0.05) is 38.5 Å². The van der Waals surface area contributed by atoms with Crippen LogP contribution in [0, 0.1) is 11.3 Å². The fourth-order valence-corrected chi connectivity index (χ4v) is 12.7. The van der Waals surface area contributed by atoms with E-state index in [-0.39, 0.29) is 63.7 Å². The van der Waals surface area contributed by atoms with Crippen molar-refractivity contribution in [3.05, 3.63) is 48.6 Å². The summed E-state index contributed by atoms with van der Waals surface area (Å²) in [6, 6.07) is 0.0300. The summed E-state index contributed by atoms with van der Waals surface area (Å²) in [5.74, 6) is -0.459. The van der Waals surface area contributed by atoms with Crippen molar-refractivity contribution in [3.8, 4) is 0 Å². The highest BCUT2D eigenvalue weighted by atomic mass is 31.2. The number of nitrogens with zero attached hydrogens (tertiary/aromatic N) is 1. The molecule has 0 aromatic rings.